The average Bonchev–Trinajstić information content (AvgIpc) is 2.84. The Labute approximate surface area is 118 Å². The maximum atomic E-state index is 6.13. The van der Waals surface area contributed by atoms with Crippen LogP contribution < -0.4 is 15.2 Å². The predicted molar refractivity (Wildman–Crippen MR) is 70.2 cm³/mol. The van der Waals surface area contributed by atoms with Gasteiger partial charge in [-0.25, -0.2) is 0 Å². The van der Waals surface area contributed by atoms with Crippen LogP contribution in [0.4, 0.5) is 0 Å². The maximum absolute atomic E-state index is 6.13. The number of fused-ring (bicyclic) bond motifs is 1. The van der Waals surface area contributed by atoms with Gasteiger partial charge in [0.2, 0.25) is 5.89 Å². The first-order valence-corrected chi connectivity index (χ1v) is 6.59. The van der Waals surface area contributed by atoms with E-state index >= 15 is 0 Å². The second kappa shape index (κ2) is 4.82. The van der Waals surface area contributed by atoms with Gasteiger partial charge in [-0.2, -0.15) is 4.98 Å². The van der Waals surface area contributed by atoms with Crippen LogP contribution in [0, 0.1) is 6.92 Å². The van der Waals surface area contributed by atoms with Crippen molar-refractivity contribution in [2.75, 3.05) is 13.2 Å². The van der Waals surface area contributed by atoms with Crippen LogP contribution >= 0.6 is 15.9 Å². The third-order valence-electron chi connectivity index (χ3n) is 2.80. The maximum Gasteiger partial charge on any atom is 0.223 e. The molecule has 2 heterocycles. The highest BCUT2D eigenvalue weighted by molar-refractivity contribution is 9.10. The highest BCUT2D eigenvalue weighted by atomic mass is 79.9. The Balaban J connectivity index is 1.99. The Morgan fingerprint density at radius 3 is 2.84 bits per heavy atom. The summed E-state index contributed by atoms with van der Waals surface area (Å²) in [5.74, 6) is 2.31. The molecule has 3 rings (SSSR count). The molecule has 0 radical (unpaired) electrons. The van der Waals surface area contributed by atoms with Gasteiger partial charge in [0.15, 0.2) is 17.3 Å². The van der Waals surface area contributed by atoms with Gasteiger partial charge < -0.3 is 19.7 Å². The van der Waals surface area contributed by atoms with Crippen molar-refractivity contribution in [1.82, 2.24) is 10.1 Å². The van der Waals surface area contributed by atoms with Crippen LogP contribution in [0.25, 0.3) is 0 Å². The summed E-state index contributed by atoms with van der Waals surface area (Å²) >= 11 is 3.45. The molecule has 100 valence electrons. The fraction of sp³-hybridized carbons (Fsp3) is 0.333. The minimum Gasteiger partial charge on any atom is -0.486 e. The molecule has 0 amide bonds. The van der Waals surface area contributed by atoms with Gasteiger partial charge in [-0.3, -0.25) is 0 Å². The third-order valence-corrected chi connectivity index (χ3v) is 3.39. The summed E-state index contributed by atoms with van der Waals surface area (Å²) in [4.78, 5) is 4.14. The largest absolute Gasteiger partial charge is 0.486 e. The molecule has 7 heteroatoms. The zero-order valence-corrected chi connectivity index (χ0v) is 11.8. The molecule has 0 saturated heterocycles. The van der Waals surface area contributed by atoms with Crippen molar-refractivity contribution in [2.45, 2.75) is 13.0 Å². The minimum atomic E-state index is -0.468. The zero-order valence-electron chi connectivity index (χ0n) is 10.2. The highest BCUT2D eigenvalue weighted by Crippen LogP contribution is 2.40. The molecule has 1 aliphatic rings. The van der Waals surface area contributed by atoms with Gasteiger partial charge in [0.05, 0.1) is 10.5 Å². The molecule has 0 fully saturated rings. The molecule has 2 aromatic rings. The van der Waals surface area contributed by atoms with E-state index in [9.17, 15) is 0 Å². The molecule has 1 aromatic heterocycles. The van der Waals surface area contributed by atoms with Crippen molar-refractivity contribution in [3.8, 4) is 11.5 Å². The Bertz CT molecular complexity index is 614. The van der Waals surface area contributed by atoms with E-state index < -0.39 is 6.04 Å². The third kappa shape index (κ3) is 2.31. The molecule has 1 unspecified atom stereocenters. The molecule has 6 nitrogen and oxygen atoms in total. The minimum absolute atomic E-state index is 0.445. The van der Waals surface area contributed by atoms with Gasteiger partial charge in [-0.15, -0.1) is 0 Å². The van der Waals surface area contributed by atoms with Crippen LogP contribution in [-0.4, -0.2) is 23.4 Å². The van der Waals surface area contributed by atoms with Crippen molar-refractivity contribution < 1.29 is 14.0 Å². The van der Waals surface area contributed by atoms with Gasteiger partial charge in [-0.05, 0) is 33.6 Å². The fourth-order valence-corrected chi connectivity index (χ4v) is 2.47. The number of ether oxygens (including phenoxy) is 2. The Hall–Kier alpha value is -1.60. The summed E-state index contributed by atoms with van der Waals surface area (Å²) in [5.41, 5.74) is 6.96. The number of nitrogens with two attached hydrogens (primary N) is 1. The van der Waals surface area contributed by atoms with Gasteiger partial charge in [0.1, 0.15) is 13.2 Å². The molecular weight excluding hydrogens is 314 g/mol. The lowest BCUT2D eigenvalue weighted by Gasteiger charge is -2.21. The lowest BCUT2D eigenvalue weighted by atomic mass is 10.1. The first kappa shape index (κ1) is 12.4. The zero-order chi connectivity index (χ0) is 13.4. The van der Waals surface area contributed by atoms with Gasteiger partial charge in [-0.1, -0.05) is 5.16 Å². The molecule has 19 heavy (non-hydrogen) atoms. The number of aromatic nitrogens is 2. The molecule has 0 aliphatic carbocycles. The number of rotatable bonds is 2. The van der Waals surface area contributed by atoms with Gasteiger partial charge >= 0.3 is 0 Å². The van der Waals surface area contributed by atoms with Crippen molar-refractivity contribution in [1.29, 1.82) is 0 Å². The fourth-order valence-electron chi connectivity index (χ4n) is 1.90. The number of aryl methyl sites for hydroxylation is 1. The van der Waals surface area contributed by atoms with Crippen LogP contribution in [0.1, 0.15) is 23.3 Å². The van der Waals surface area contributed by atoms with Crippen molar-refractivity contribution >= 4 is 15.9 Å². The van der Waals surface area contributed by atoms with Crippen LogP contribution in [0.2, 0.25) is 0 Å². The Morgan fingerprint density at radius 1 is 1.32 bits per heavy atom. The number of halogens is 1. The van der Waals surface area contributed by atoms with Crippen molar-refractivity contribution in [2.24, 2.45) is 5.73 Å². The van der Waals surface area contributed by atoms with Crippen molar-refractivity contribution in [3.05, 3.63) is 33.9 Å². The van der Waals surface area contributed by atoms with E-state index in [-0.39, 0.29) is 0 Å². The number of hydrogen-bond acceptors (Lipinski definition) is 6. The predicted octanol–water partition coefficient (Wildman–Crippen LogP) is 1.96. The smallest absolute Gasteiger partial charge is 0.223 e. The van der Waals surface area contributed by atoms with E-state index in [1.54, 1.807) is 6.92 Å². The molecule has 0 spiro atoms. The molecular formula is C12H12BrN3O3. The molecule has 0 bridgehead atoms. The Morgan fingerprint density at radius 2 is 2.11 bits per heavy atom. The summed E-state index contributed by atoms with van der Waals surface area (Å²) in [6, 6.07) is 3.25. The van der Waals surface area contributed by atoms with E-state index in [4.69, 9.17) is 19.7 Å². The Kier molecular flexibility index (Phi) is 3.16. The first-order valence-electron chi connectivity index (χ1n) is 5.80. The SMILES string of the molecule is Cc1nc(C(N)c2cc(Br)c3c(c2)OCCO3)no1. The van der Waals surface area contributed by atoms with E-state index in [1.165, 1.54) is 0 Å². The second-order valence-corrected chi connectivity index (χ2v) is 5.03. The molecule has 0 saturated carbocycles. The van der Waals surface area contributed by atoms with E-state index in [2.05, 4.69) is 26.1 Å². The number of nitrogens with zero attached hydrogens (tertiary/aromatic N) is 2. The summed E-state index contributed by atoms with van der Waals surface area (Å²) in [6.07, 6.45) is 0. The van der Waals surface area contributed by atoms with Crippen LogP contribution in [0.15, 0.2) is 21.1 Å². The normalized spacial score (nSPS) is 15.3. The van der Waals surface area contributed by atoms with Gasteiger partial charge in [0.25, 0.3) is 0 Å². The van der Waals surface area contributed by atoms with Gasteiger partial charge in [0, 0.05) is 6.92 Å². The van der Waals surface area contributed by atoms with Crippen LogP contribution in [-0.2, 0) is 0 Å². The number of benzene rings is 1. The summed E-state index contributed by atoms with van der Waals surface area (Å²) in [7, 11) is 0. The summed E-state index contributed by atoms with van der Waals surface area (Å²) < 4.78 is 16.8. The lowest BCUT2D eigenvalue weighted by Crippen LogP contribution is -2.18. The highest BCUT2D eigenvalue weighted by Gasteiger charge is 2.21. The van der Waals surface area contributed by atoms with E-state index in [0.717, 1.165) is 10.0 Å². The van der Waals surface area contributed by atoms with E-state index in [1.807, 2.05) is 12.1 Å². The topological polar surface area (TPSA) is 83.4 Å². The molecule has 1 aliphatic heterocycles. The average molecular weight is 326 g/mol. The second-order valence-electron chi connectivity index (χ2n) is 4.18. The van der Waals surface area contributed by atoms with Crippen molar-refractivity contribution in [3.63, 3.8) is 0 Å². The summed E-state index contributed by atoms with van der Waals surface area (Å²) in [6.45, 7) is 2.80. The standard InChI is InChI=1S/C12H12BrN3O3/c1-6-15-12(16-19-6)10(14)7-4-8(13)11-9(5-7)17-2-3-18-11/h4-5,10H,2-3,14H2,1H3. The molecule has 1 aromatic carbocycles. The lowest BCUT2D eigenvalue weighted by molar-refractivity contribution is 0.170. The first-order chi connectivity index (χ1) is 9.15. The van der Waals surface area contributed by atoms with Crippen LogP contribution in [0.5, 0.6) is 11.5 Å². The quantitative estimate of drug-likeness (QED) is 0.908. The molecule has 2 N–H and O–H groups in total. The number of hydrogen-bond donors (Lipinski definition) is 1. The van der Waals surface area contributed by atoms with E-state index in [0.29, 0.717) is 36.4 Å². The molecule has 1 atom stereocenters. The monoisotopic (exact) mass is 325 g/mol. The summed E-state index contributed by atoms with van der Waals surface area (Å²) in [5, 5.41) is 3.84. The van der Waals surface area contributed by atoms with Crippen LogP contribution in [0.3, 0.4) is 0 Å².